The van der Waals surface area contributed by atoms with Crippen molar-refractivity contribution in [3.63, 3.8) is 0 Å². The van der Waals surface area contributed by atoms with Crippen molar-refractivity contribution in [3.8, 4) is 0 Å². The number of hydrogen-bond donors (Lipinski definition) is 2. The van der Waals surface area contributed by atoms with Gasteiger partial charge in [0, 0.05) is 39.0 Å². The standard InChI is InChI=1S/C25H28N6O3/c1-30-15-19(14-28-30)8-10-26-25(33)20-12-21-24(22(13-20)29-23(32)16-34-2)31(17-27-21)11-9-18-6-4-3-5-7-18/h3-7,12-15,17H,8-11,16H2,1-2H3,(H,26,33)(H,29,32). The van der Waals surface area contributed by atoms with Crippen LogP contribution in [0.5, 0.6) is 0 Å². The summed E-state index contributed by atoms with van der Waals surface area (Å²) in [5.41, 5.74) is 4.62. The van der Waals surface area contributed by atoms with E-state index in [1.54, 1.807) is 29.3 Å². The van der Waals surface area contributed by atoms with E-state index < -0.39 is 0 Å². The van der Waals surface area contributed by atoms with Crippen LogP contribution in [0.3, 0.4) is 0 Å². The first-order valence-electron chi connectivity index (χ1n) is 11.1. The molecular weight excluding hydrogens is 432 g/mol. The molecule has 34 heavy (non-hydrogen) atoms. The van der Waals surface area contributed by atoms with Crippen molar-refractivity contribution in [2.75, 3.05) is 25.6 Å². The summed E-state index contributed by atoms with van der Waals surface area (Å²) in [6, 6.07) is 13.6. The van der Waals surface area contributed by atoms with E-state index in [4.69, 9.17) is 4.74 Å². The van der Waals surface area contributed by atoms with Crippen LogP contribution in [0.4, 0.5) is 5.69 Å². The van der Waals surface area contributed by atoms with E-state index in [9.17, 15) is 9.59 Å². The Morgan fingerprint density at radius 3 is 2.65 bits per heavy atom. The summed E-state index contributed by atoms with van der Waals surface area (Å²) >= 11 is 0. The zero-order valence-electron chi connectivity index (χ0n) is 19.3. The van der Waals surface area contributed by atoms with Crippen molar-refractivity contribution in [2.24, 2.45) is 7.05 Å². The highest BCUT2D eigenvalue weighted by Crippen LogP contribution is 2.26. The third-order valence-electron chi connectivity index (χ3n) is 5.47. The zero-order valence-corrected chi connectivity index (χ0v) is 19.3. The monoisotopic (exact) mass is 460 g/mol. The predicted octanol–water partition coefficient (Wildman–Crippen LogP) is 2.57. The van der Waals surface area contributed by atoms with Crippen LogP contribution < -0.4 is 10.6 Å². The highest BCUT2D eigenvalue weighted by Gasteiger charge is 2.16. The third-order valence-corrected chi connectivity index (χ3v) is 5.47. The average Bonchev–Trinajstić information content (AvgIpc) is 3.44. The minimum atomic E-state index is -0.297. The second kappa shape index (κ2) is 10.8. The molecule has 0 saturated heterocycles. The van der Waals surface area contributed by atoms with Gasteiger partial charge in [-0.3, -0.25) is 14.3 Å². The van der Waals surface area contributed by atoms with Crippen molar-refractivity contribution in [2.45, 2.75) is 19.4 Å². The van der Waals surface area contributed by atoms with Gasteiger partial charge in [0.2, 0.25) is 5.91 Å². The number of carbonyl (C=O) groups excluding carboxylic acids is 2. The van der Waals surface area contributed by atoms with Gasteiger partial charge >= 0.3 is 0 Å². The molecule has 2 N–H and O–H groups in total. The summed E-state index contributed by atoms with van der Waals surface area (Å²) < 4.78 is 8.68. The van der Waals surface area contributed by atoms with Gasteiger partial charge in [0.25, 0.3) is 5.91 Å². The Morgan fingerprint density at radius 2 is 1.91 bits per heavy atom. The molecule has 4 aromatic rings. The van der Waals surface area contributed by atoms with Crippen molar-refractivity contribution in [1.29, 1.82) is 0 Å². The van der Waals surface area contributed by atoms with Crippen LogP contribution in [-0.4, -0.2) is 51.4 Å². The Kier molecular flexibility index (Phi) is 7.34. The fraction of sp³-hybridized carbons (Fsp3) is 0.280. The maximum atomic E-state index is 12.9. The zero-order chi connectivity index (χ0) is 23.9. The molecule has 0 radical (unpaired) electrons. The van der Waals surface area contributed by atoms with Crippen LogP contribution in [0, 0.1) is 0 Å². The van der Waals surface area contributed by atoms with Crippen LogP contribution in [0.2, 0.25) is 0 Å². The maximum Gasteiger partial charge on any atom is 0.251 e. The van der Waals surface area contributed by atoms with Crippen LogP contribution in [0.1, 0.15) is 21.5 Å². The topological polar surface area (TPSA) is 103 Å². The summed E-state index contributed by atoms with van der Waals surface area (Å²) in [4.78, 5) is 29.7. The molecule has 0 saturated carbocycles. The van der Waals surface area contributed by atoms with Crippen LogP contribution in [0.25, 0.3) is 11.0 Å². The van der Waals surface area contributed by atoms with Crippen LogP contribution >= 0.6 is 0 Å². The molecule has 0 aliphatic carbocycles. The van der Waals surface area contributed by atoms with E-state index in [-0.39, 0.29) is 18.4 Å². The molecule has 0 bridgehead atoms. The van der Waals surface area contributed by atoms with E-state index >= 15 is 0 Å². The first kappa shape index (κ1) is 23.2. The lowest BCUT2D eigenvalue weighted by Crippen LogP contribution is -2.26. The van der Waals surface area contributed by atoms with Gasteiger partial charge in [-0.1, -0.05) is 30.3 Å². The Labute approximate surface area is 197 Å². The summed E-state index contributed by atoms with van der Waals surface area (Å²) in [6.07, 6.45) is 6.93. The lowest BCUT2D eigenvalue weighted by atomic mass is 10.1. The van der Waals surface area contributed by atoms with E-state index in [0.29, 0.717) is 36.3 Å². The molecular formula is C25H28N6O3. The SMILES string of the molecule is COCC(=O)Nc1cc(C(=O)NCCc2cnn(C)c2)cc2ncn(CCc3ccccc3)c12. The first-order chi connectivity index (χ1) is 16.5. The number of amides is 2. The third kappa shape index (κ3) is 5.68. The quantitative estimate of drug-likeness (QED) is 0.379. The molecule has 176 valence electrons. The Balaban J connectivity index is 1.55. The average molecular weight is 461 g/mol. The van der Waals surface area contributed by atoms with Crippen molar-refractivity contribution in [3.05, 3.63) is 77.9 Å². The number of methoxy groups -OCH3 is 1. The minimum absolute atomic E-state index is 0.0822. The summed E-state index contributed by atoms with van der Waals surface area (Å²) in [5, 5.41) is 9.95. The number of ether oxygens (including phenoxy) is 1. The molecule has 0 aliphatic heterocycles. The number of benzene rings is 2. The molecule has 0 atom stereocenters. The van der Waals surface area contributed by atoms with E-state index in [0.717, 1.165) is 17.5 Å². The molecule has 0 aliphatic rings. The van der Waals surface area contributed by atoms with Crippen molar-refractivity contribution in [1.82, 2.24) is 24.6 Å². The van der Waals surface area contributed by atoms with Gasteiger partial charge in [0.1, 0.15) is 6.61 Å². The molecule has 9 heteroatoms. The summed E-state index contributed by atoms with van der Waals surface area (Å²) in [6.45, 7) is 1.07. The number of hydrogen-bond acceptors (Lipinski definition) is 5. The number of fused-ring (bicyclic) bond motifs is 1. The van der Waals surface area contributed by atoms with E-state index in [2.05, 4.69) is 32.8 Å². The molecule has 9 nitrogen and oxygen atoms in total. The number of anilines is 1. The van der Waals surface area contributed by atoms with E-state index in [1.807, 2.05) is 36.0 Å². The molecule has 0 fully saturated rings. The van der Waals surface area contributed by atoms with E-state index in [1.165, 1.54) is 12.7 Å². The smallest absolute Gasteiger partial charge is 0.251 e. The number of nitrogens with one attached hydrogen (secondary N) is 2. The fourth-order valence-electron chi connectivity index (χ4n) is 3.84. The van der Waals surface area contributed by atoms with Gasteiger partial charge in [-0.15, -0.1) is 0 Å². The molecule has 2 aromatic heterocycles. The number of carbonyl (C=O) groups is 2. The van der Waals surface area contributed by atoms with Crippen LogP contribution in [-0.2, 0) is 36.0 Å². The highest BCUT2D eigenvalue weighted by molar-refractivity contribution is 6.05. The Bertz CT molecular complexity index is 1280. The highest BCUT2D eigenvalue weighted by atomic mass is 16.5. The largest absolute Gasteiger partial charge is 0.375 e. The maximum absolute atomic E-state index is 12.9. The number of nitrogens with zero attached hydrogens (tertiary/aromatic N) is 4. The van der Waals surface area contributed by atoms with Crippen molar-refractivity contribution >= 4 is 28.5 Å². The number of aromatic nitrogens is 4. The first-order valence-corrected chi connectivity index (χ1v) is 11.1. The van der Waals surface area contributed by atoms with Gasteiger partial charge < -0.3 is 19.9 Å². The molecule has 2 heterocycles. The van der Waals surface area contributed by atoms with Gasteiger partial charge in [-0.05, 0) is 36.1 Å². The number of rotatable bonds is 10. The van der Waals surface area contributed by atoms with Crippen molar-refractivity contribution < 1.29 is 14.3 Å². The molecule has 0 unspecified atom stereocenters. The summed E-state index contributed by atoms with van der Waals surface area (Å²) in [5.74, 6) is -0.527. The molecule has 2 amide bonds. The second-order valence-electron chi connectivity index (χ2n) is 8.07. The molecule has 0 spiro atoms. The van der Waals surface area contributed by atoms with Gasteiger partial charge in [0.05, 0.1) is 29.2 Å². The number of imidazole rings is 1. The molecule has 4 rings (SSSR count). The second-order valence-corrected chi connectivity index (χ2v) is 8.07. The van der Waals surface area contributed by atoms with Gasteiger partial charge in [-0.25, -0.2) is 4.98 Å². The normalized spacial score (nSPS) is 11.0. The Morgan fingerprint density at radius 1 is 1.09 bits per heavy atom. The number of aryl methyl sites for hydroxylation is 3. The lowest BCUT2D eigenvalue weighted by Gasteiger charge is -2.12. The van der Waals surface area contributed by atoms with Crippen LogP contribution in [0.15, 0.2) is 61.2 Å². The molecule has 2 aromatic carbocycles. The minimum Gasteiger partial charge on any atom is -0.375 e. The Hall–Kier alpha value is -3.98. The fourth-order valence-corrected chi connectivity index (χ4v) is 3.84. The van der Waals surface area contributed by atoms with Gasteiger partial charge in [-0.2, -0.15) is 5.10 Å². The van der Waals surface area contributed by atoms with Gasteiger partial charge in [0.15, 0.2) is 0 Å². The lowest BCUT2D eigenvalue weighted by molar-refractivity contribution is -0.119. The summed E-state index contributed by atoms with van der Waals surface area (Å²) in [7, 11) is 3.32. The predicted molar refractivity (Wildman–Crippen MR) is 130 cm³/mol.